The van der Waals surface area contributed by atoms with E-state index in [-0.39, 0.29) is 11.9 Å². The van der Waals surface area contributed by atoms with Gasteiger partial charge >= 0.3 is 0 Å². The summed E-state index contributed by atoms with van der Waals surface area (Å²) in [7, 11) is 0. The second-order valence-electron chi connectivity index (χ2n) is 4.92. The van der Waals surface area contributed by atoms with Gasteiger partial charge in [0, 0.05) is 11.7 Å². The first-order valence-electron chi connectivity index (χ1n) is 5.55. The number of carbonyl (C=O) groups is 1. The van der Waals surface area contributed by atoms with Crippen molar-refractivity contribution < 1.29 is 9.90 Å². The predicted octanol–water partition coefficient (Wildman–Crippen LogP) is 1.74. The van der Waals surface area contributed by atoms with Crippen LogP contribution in [0.5, 0.6) is 0 Å². The lowest BCUT2D eigenvalue weighted by Gasteiger charge is -2.28. The van der Waals surface area contributed by atoms with E-state index in [0.717, 1.165) is 12.1 Å². The highest BCUT2D eigenvalue weighted by molar-refractivity contribution is 6.01. The van der Waals surface area contributed by atoms with Crippen molar-refractivity contribution in [2.45, 2.75) is 38.8 Å². The first-order valence-corrected chi connectivity index (χ1v) is 5.55. The smallest absolute Gasteiger partial charge is 0.258 e. The Bertz CT molecular complexity index is 420. The van der Waals surface area contributed by atoms with Gasteiger partial charge in [0.1, 0.15) is 5.60 Å². The molecule has 1 aromatic rings. The minimum atomic E-state index is -1.31. The Hall–Kier alpha value is -1.35. The standard InChI is InChI=1S/C13H17NO2/c1-9-8-10-6-4-5-7-11(10)14(9)12(15)13(2,3)16/h4-7,9,16H,8H2,1-3H3. The first-order chi connectivity index (χ1) is 7.41. The average Bonchev–Trinajstić information content (AvgIpc) is 2.51. The van der Waals surface area contributed by atoms with Gasteiger partial charge in [0.15, 0.2) is 0 Å². The molecule has 0 aliphatic carbocycles. The van der Waals surface area contributed by atoms with E-state index in [0.29, 0.717) is 0 Å². The van der Waals surface area contributed by atoms with Crippen molar-refractivity contribution in [1.82, 2.24) is 0 Å². The molecule has 0 saturated heterocycles. The zero-order chi connectivity index (χ0) is 11.9. The van der Waals surface area contributed by atoms with Crippen LogP contribution >= 0.6 is 0 Å². The third-order valence-electron chi connectivity index (χ3n) is 2.95. The SMILES string of the molecule is CC1Cc2ccccc2N1C(=O)C(C)(C)O. The number of amides is 1. The Labute approximate surface area is 95.7 Å². The van der Waals surface area contributed by atoms with Crippen LogP contribution in [0.15, 0.2) is 24.3 Å². The van der Waals surface area contributed by atoms with E-state index < -0.39 is 5.60 Å². The van der Waals surface area contributed by atoms with Crippen molar-refractivity contribution in [3.8, 4) is 0 Å². The van der Waals surface area contributed by atoms with Crippen LogP contribution in [0, 0.1) is 0 Å². The summed E-state index contributed by atoms with van der Waals surface area (Å²) in [4.78, 5) is 13.8. The molecule has 0 aromatic heterocycles. The third-order valence-corrected chi connectivity index (χ3v) is 2.95. The number of para-hydroxylation sites is 1. The van der Waals surface area contributed by atoms with E-state index in [1.165, 1.54) is 19.4 Å². The van der Waals surface area contributed by atoms with E-state index in [1.54, 1.807) is 4.90 Å². The molecule has 0 fully saturated rings. The number of benzene rings is 1. The molecule has 0 spiro atoms. The summed E-state index contributed by atoms with van der Waals surface area (Å²) in [6.45, 7) is 5.07. The van der Waals surface area contributed by atoms with Gasteiger partial charge in [-0.25, -0.2) is 0 Å². The molecule has 1 unspecified atom stereocenters. The average molecular weight is 219 g/mol. The minimum Gasteiger partial charge on any atom is -0.381 e. The Morgan fingerprint density at radius 3 is 2.69 bits per heavy atom. The highest BCUT2D eigenvalue weighted by atomic mass is 16.3. The van der Waals surface area contributed by atoms with E-state index in [2.05, 4.69) is 0 Å². The quantitative estimate of drug-likeness (QED) is 0.781. The predicted molar refractivity (Wildman–Crippen MR) is 63.4 cm³/mol. The van der Waals surface area contributed by atoms with Crippen LogP contribution < -0.4 is 4.90 Å². The summed E-state index contributed by atoms with van der Waals surface area (Å²) in [5, 5.41) is 9.80. The Morgan fingerprint density at radius 2 is 2.06 bits per heavy atom. The fourth-order valence-corrected chi connectivity index (χ4v) is 2.17. The van der Waals surface area contributed by atoms with Crippen LogP contribution in [0.25, 0.3) is 0 Å². The van der Waals surface area contributed by atoms with Gasteiger partial charge < -0.3 is 10.0 Å². The Balaban J connectivity index is 2.40. The molecule has 86 valence electrons. The van der Waals surface area contributed by atoms with Gasteiger partial charge in [0.25, 0.3) is 5.91 Å². The van der Waals surface area contributed by atoms with Crippen molar-refractivity contribution >= 4 is 11.6 Å². The van der Waals surface area contributed by atoms with E-state index >= 15 is 0 Å². The lowest BCUT2D eigenvalue weighted by atomic mass is 10.1. The second-order valence-corrected chi connectivity index (χ2v) is 4.92. The van der Waals surface area contributed by atoms with Gasteiger partial charge in [0.2, 0.25) is 0 Å². The molecule has 1 N–H and O–H groups in total. The monoisotopic (exact) mass is 219 g/mol. The van der Waals surface area contributed by atoms with Crippen LogP contribution in [0.3, 0.4) is 0 Å². The summed E-state index contributed by atoms with van der Waals surface area (Å²) < 4.78 is 0. The maximum absolute atomic E-state index is 12.1. The van der Waals surface area contributed by atoms with Crippen molar-refractivity contribution in [1.29, 1.82) is 0 Å². The molecule has 16 heavy (non-hydrogen) atoms. The highest BCUT2D eigenvalue weighted by Crippen LogP contribution is 2.33. The third kappa shape index (κ3) is 1.71. The maximum atomic E-state index is 12.1. The number of hydrogen-bond acceptors (Lipinski definition) is 2. The van der Waals surface area contributed by atoms with Gasteiger partial charge in [-0.3, -0.25) is 4.79 Å². The largest absolute Gasteiger partial charge is 0.381 e. The topological polar surface area (TPSA) is 40.5 Å². The van der Waals surface area contributed by atoms with Crippen molar-refractivity contribution in [3.63, 3.8) is 0 Å². The fraction of sp³-hybridized carbons (Fsp3) is 0.462. The molecular weight excluding hydrogens is 202 g/mol. The molecule has 3 nitrogen and oxygen atoms in total. The lowest BCUT2D eigenvalue weighted by Crippen LogP contribution is -2.47. The molecule has 1 amide bonds. The highest BCUT2D eigenvalue weighted by Gasteiger charge is 2.37. The Kier molecular flexibility index (Phi) is 2.50. The zero-order valence-corrected chi connectivity index (χ0v) is 9.90. The van der Waals surface area contributed by atoms with Gasteiger partial charge in [-0.2, -0.15) is 0 Å². The van der Waals surface area contributed by atoms with Crippen LogP contribution in [0.2, 0.25) is 0 Å². The van der Waals surface area contributed by atoms with Crippen LogP contribution in [-0.4, -0.2) is 22.7 Å². The van der Waals surface area contributed by atoms with Crippen molar-refractivity contribution in [3.05, 3.63) is 29.8 Å². The number of nitrogens with zero attached hydrogens (tertiary/aromatic N) is 1. The van der Waals surface area contributed by atoms with Crippen LogP contribution in [0.1, 0.15) is 26.3 Å². The van der Waals surface area contributed by atoms with Crippen LogP contribution in [0.4, 0.5) is 5.69 Å². The number of anilines is 1. The van der Waals surface area contributed by atoms with Gasteiger partial charge in [0.05, 0.1) is 0 Å². The number of fused-ring (bicyclic) bond motifs is 1. The molecule has 1 aliphatic heterocycles. The molecule has 1 heterocycles. The summed E-state index contributed by atoms with van der Waals surface area (Å²) >= 11 is 0. The number of hydrogen-bond donors (Lipinski definition) is 1. The first kappa shape index (κ1) is 11.1. The van der Waals surface area contributed by atoms with Crippen molar-refractivity contribution in [2.75, 3.05) is 4.90 Å². The molecule has 1 atom stereocenters. The Morgan fingerprint density at radius 1 is 1.44 bits per heavy atom. The van der Waals surface area contributed by atoms with Crippen molar-refractivity contribution in [2.24, 2.45) is 0 Å². The molecular formula is C13H17NO2. The second kappa shape index (κ2) is 3.59. The number of rotatable bonds is 1. The van der Waals surface area contributed by atoms with E-state index in [9.17, 15) is 9.90 Å². The minimum absolute atomic E-state index is 0.122. The van der Waals surface area contributed by atoms with Gasteiger partial charge in [-0.15, -0.1) is 0 Å². The van der Waals surface area contributed by atoms with Crippen LogP contribution in [-0.2, 0) is 11.2 Å². The maximum Gasteiger partial charge on any atom is 0.258 e. The van der Waals surface area contributed by atoms with E-state index in [1.807, 2.05) is 31.2 Å². The van der Waals surface area contributed by atoms with E-state index in [4.69, 9.17) is 0 Å². The molecule has 1 aromatic carbocycles. The summed E-state index contributed by atoms with van der Waals surface area (Å²) in [5.41, 5.74) is 0.792. The fourth-order valence-electron chi connectivity index (χ4n) is 2.17. The van der Waals surface area contributed by atoms with Gasteiger partial charge in [-0.05, 0) is 38.8 Å². The summed E-state index contributed by atoms with van der Waals surface area (Å²) in [5.74, 6) is -0.232. The molecule has 2 rings (SSSR count). The normalized spacial score (nSPS) is 19.8. The molecule has 0 bridgehead atoms. The molecule has 0 saturated carbocycles. The molecule has 3 heteroatoms. The molecule has 1 aliphatic rings. The zero-order valence-electron chi connectivity index (χ0n) is 9.90. The lowest BCUT2D eigenvalue weighted by molar-refractivity contribution is -0.133. The summed E-state index contributed by atoms with van der Waals surface area (Å²) in [6, 6.07) is 7.98. The molecule has 0 radical (unpaired) electrons. The van der Waals surface area contributed by atoms with Gasteiger partial charge in [-0.1, -0.05) is 18.2 Å². The number of aliphatic hydroxyl groups is 1. The number of carbonyl (C=O) groups excluding carboxylic acids is 1. The summed E-state index contributed by atoms with van der Waals surface area (Å²) in [6.07, 6.45) is 0.859.